The van der Waals surface area contributed by atoms with E-state index >= 15 is 4.57 Å². The molecule has 40 heavy (non-hydrogen) atoms. The van der Waals surface area contributed by atoms with E-state index in [0.29, 0.717) is 0 Å². The maximum atomic E-state index is 15.2. The molecule has 0 bridgehead atoms. The first-order valence-corrected chi connectivity index (χ1v) is 16.0. The minimum Gasteiger partial charge on any atom is -0.308 e. The molecule has 6 heteroatoms. The molecule has 0 saturated heterocycles. The van der Waals surface area contributed by atoms with Gasteiger partial charge in [-0.2, -0.15) is 0 Å². The smallest absolute Gasteiger partial charge is 0.175 e. The summed E-state index contributed by atoms with van der Waals surface area (Å²) in [5.74, 6) is 0.978. The molecular formula is C34H24N3OPS. The number of hydrogen-bond donors (Lipinski definition) is 0. The SMILES string of the molecule is CCc1nc2cccc3c2n1-c1cc(-c2ccc(-c4nc5ccccc5s4)cc2)ccc1P3(=O)c1ccccc1. The van der Waals surface area contributed by atoms with Crippen LogP contribution in [0.2, 0.25) is 0 Å². The van der Waals surface area contributed by atoms with E-state index in [0.717, 1.165) is 72.1 Å². The van der Waals surface area contributed by atoms with E-state index in [1.165, 1.54) is 4.70 Å². The zero-order valence-corrected chi connectivity index (χ0v) is 23.5. The minimum absolute atomic E-state index is 0.782. The average Bonchev–Trinajstić information content (AvgIpc) is 3.62. The van der Waals surface area contributed by atoms with Crippen molar-refractivity contribution in [3.8, 4) is 27.4 Å². The second-order valence-electron chi connectivity index (χ2n) is 10.1. The van der Waals surface area contributed by atoms with Crippen molar-refractivity contribution in [1.29, 1.82) is 0 Å². The summed E-state index contributed by atoms with van der Waals surface area (Å²) >= 11 is 1.71. The van der Waals surface area contributed by atoms with Crippen LogP contribution in [-0.2, 0) is 11.0 Å². The van der Waals surface area contributed by atoms with Crippen LogP contribution in [0.3, 0.4) is 0 Å². The summed E-state index contributed by atoms with van der Waals surface area (Å²) in [5.41, 5.74) is 7.13. The molecule has 0 aliphatic carbocycles. The van der Waals surface area contributed by atoms with Gasteiger partial charge in [-0.3, -0.25) is 4.57 Å². The van der Waals surface area contributed by atoms with Crippen molar-refractivity contribution in [1.82, 2.24) is 14.5 Å². The Hall–Kier alpha value is -4.31. The Bertz CT molecular complexity index is 2090. The van der Waals surface area contributed by atoms with Gasteiger partial charge in [-0.05, 0) is 47.5 Å². The first-order valence-electron chi connectivity index (χ1n) is 13.4. The fourth-order valence-electron chi connectivity index (χ4n) is 5.90. The number of aryl methyl sites for hydroxylation is 1. The second kappa shape index (κ2) is 8.85. The highest BCUT2D eigenvalue weighted by molar-refractivity contribution is 7.86. The van der Waals surface area contributed by atoms with Gasteiger partial charge < -0.3 is 4.57 Å². The lowest BCUT2D eigenvalue weighted by Crippen LogP contribution is -2.33. The Kier molecular flexibility index (Phi) is 5.22. The summed E-state index contributed by atoms with van der Waals surface area (Å²) in [6.07, 6.45) is 0.782. The van der Waals surface area contributed by atoms with Gasteiger partial charge >= 0.3 is 0 Å². The molecule has 1 aliphatic rings. The number of hydrogen-bond acceptors (Lipinski definition) is 4. The Morgan fingerprint density at radius 1 is 0.700 bits per heavy atom. The van der Waals surface area contributed by atoms with Crippen molar-refractivity contribution in [3.63, 3.8) is 0 Å². The predicted molar refractivity (Wildman–Crippen MR) is 167 cm³/mol. The van der Waals surface area contributed by atoms with Gasteiger partial charge in [0, 0.05) is 27.9 Å². The molecule has 5 aromatic carbocycles. The van der Waals surface area contributed by atoms with Gasteiger partial charge in [0.05, 0.1) is 26.9 Å². The molecule has 3 heterocycles. The Morgan fingerprint density at radius 2 is 1.43 bits per heavy atom. The molecule has 0 saturated carbocycles. The topological polar surface area (TPSA) is 47.8 Å². The number of benzene rings is 5. The molecule has 7 aromatic rings. The Balaban J connectivity index is 1.31. The molecule has 0 amide bonds. The zero-order chi connectivity index (χ0) is 26.8. The summed E-state index contributed by atoms with van der Waals surface area (Å²) < 4.78 is 18.7. The van der Waals surface area contributed by atoms with Crippen LogP contribution < -0.4 is 15.9 Å². The zero-order valence-electron chi connectivity index (χ0n) is 21.8. The molecule has 8 rings (SSSR count). The highest BCUT2D eigenvalue weighted by Crippen LogP contribution is 2.49. The summed E-state index contributed by atoms with van der Waals surface area (Å²) in [5, 5.41) is 3.60. The van der Waals surface area contributed by atoms with E-state index in [2.05, 4.69) is 72.2 Å². The van der Waals surface area contributed by atoms with Crippen LogP contribution in [0.4, 0.5) is 0 Å². The molecule has 0 N–H and O–H groups in total. The maximum Gasteiger partial charge on any atom is 0.175 e. The number of rotatable bonds is 4. The van der Waals surface area contributed by atoms with E-state index in [1.807, 2.05) is 54.6 Å². The number of thiazole rings is 1. The normalized spacial score (nSPS) is 15.9. The monoisotopic (exact) mass is 553 g/mol. The number of fused-ring (bicyclic) bond motifs is 3. The number of para-hydroxylation sites is 2. The number of nitrogens with zero attached hydrogens (tertiary/aromatic N) is 3. The molecule has 4 nitrogen and oxygen atoms in total. The minimum atomic E-state index is -3.10. The lowest BCUT2D eigenvalue weighted by atomic mass is 10.0. The van der Waals surface area contributed by atoms with Crippen molar-refractivity contribution in [2.24, 2.45) is 0 Å². The van der Waals surface area contributed by atoms with Crippen LogP contribution in [0, 0.1) is 0 Å². The molecule has 1 unspecified atom stereocenters. The van der Waals surface area contributed by atoms with E-state index in [9.17, 15) is 0 Å². The first-order chi connectivity index (χ1) is 19.6. The van der Waals surface area contributed by atoms with E-state index in [4.69, 9.17) is 9.97 Å². The molecule has 0 fully saturated rings. The molecule has 0 spiro atoms. The third-order valence-electron chi connectivity index (χ3n) is 7.81. The van der Waals surface area contributed by atoms with Gasteiger partial charge in [-0.25, -0.2) is 9.97 Å². The van der Waals surface area contributed by atoms with Gasteiger partial charge in [-0.1, -0.05) is 85.8 Å². The van der Waals surface area contributed by atoms with Crippen molar-refractivity contribution in [3.05, 3.63) is 121 Å². The molecule has 192 valence electrons. The Morgan fingerprint density at radius 3 is 2.23 bits per heavy atom. The van der Waals surface area contributed by atoms with E-state index in [1.54, 1.807) is 11.3 Å². The van der Waals surface area contributed by atoms with Gasteiger partial charge in [0.15, 0.2) is 7.14 Å². The van der Waals surface area contributed by atoms with Crippen molar-refractivity contribution >= 4 is 55.6 Å². The third kappa shape index (κ3) is 3.35. The number of aromatic nitrogens is 3. The van der Waals surface area contributed by atoms with Crippen LogP contribution in [0.25, 0.3) is 48.6 Å². The second-order valence-corrected chi connectivity index (χ2v) is 13.8. The van der Waals surface area contributed by atoms with Gasteiger partial charge in [0.25, 0.3) is 0 Å². The van der Waals surface area contributed by atoms with Crippen LogP contribution in [-0.4, -0.2) is 14.5 Å². The van der Waals surface area contributed by atoms with Crippen molar-refractivity contribution in [2.75, 3.05) is 0 Å². The molecule has 1 atom stereocenters. The number of imidazole rings is 1. The fraction of sp³-hybridized carbons (Fsp3) is 0.0588. The fourth-order valence-corrected chi connectivity index (χ4v) is 9.86. The molecular weight excluding hydrogens is 529 g/mol. The standard InChI is InChI=1S/C34H24N3OPS/c1-2-32-35-27-12-8-13-30-33(27)37(32)28-21-24(19-20-29(28)39(30,38)25-9-4-3-5-10-25)22-15-17-23(18-16-22)34-36-26-11-6-7-14-31(26)40-34/h3-21H,2H2,1H3. The van der Waals surface area contributed by atoms with Crippen LogP contribution in [0.15, 0.2) is 115 Å². The van der Waals surface area contributed by atoms with Crippen LogP contribution in [0.5, 0.6) is 0 Å². The maximum absolute atomic E-state index is 15.2. The molecule has 1 aliphatic heterocycles. The summed E-state index contributed by atoms with van der Waals surface area (Å²) in [4.78, 5) is 9.78. The third-order valence-corrected chi connectivity index (χ3v) is 12.0. The Labute approximate surface area is 236 Å². The highest BCUT2D eigenvalue weighted by Gasteiger charge is 2.39. The van der Waals surface area contributed by atoms with Gasteiger partial charge in [0.2, 0.25) is 0 Å². The summed E-state index contributed by atoms with van der Waals surface area (Å²) in [6, 6.07) is 39.1. The summed E-state index contributed by atoms with van der Waals surface area (Å²) in [6.45, 7) is 2.13. The van der Waals surface area contributed by atoms with Crippen molar-refractivity contribution < 1.29 is 4.57 Å². The first kappa shape index (κ1) is 23.6. The molecule has 2 aromatic heterocycles. The lowest BCUT2D eigenvalue weighted by Gasteiger charge is -2.29. The van der Waals surface area contributed by atoms with E-state index in [-0.39, 0.29) is 0 Å². The van der Waals surface area contributed by atoms with Crippen molar-refractivity contribution in [2.45, 2.75) is 13.3 Å². The van der Waals surface area contributed by atoms with Gasteiger partial charge in [-0.15, -0.1) is 11.3 Å². The van der Waals surface area contributed by atoms with Gasteiger partial charge in [0.1, 0.15) is 10.8 Å². The van der Waals surface area contributed by atoms with E-state index < -0.39 is 7.14 Å². The quantitative estimate of drug-likeness (QED) is 0.212. The molecule has 0 radical (unpaired) electrons. The summed E-state index contributed by atoms with van der Waals surface area (Å²) in [7, 11) is -3.10. The largest absolute Gasteiger partial charge is 0.308 e. The predicted octanol–water partition coefficient (Wildman–Crippen LogP) is 7.48. The average molecular weight is 554 g/mol. The van der Waals surface area contributed by atoms with Crippen LogP contribution in [0.1, 0.15) is 12.7 Å². The van der Waals surface area contributed by atoms with Crippen LogP contribution >= 0.6 is 18.5 Å². The highest BCUT2D eigenvalue weighted by atomic mass is 32.1. The lowest BCUT2D eigenvalue weighted by molar-refractivity contribution is 0.592.